The average molecular weight is 460 g/mol. The van der Waals surface area contributed by atoms with E-state index in [0.717, 1.165) is 0 Å². The molecule has 0 bridgehead atoms. The Morgan fingerprint density at radius 2 is 1.30 bits per heavy atom. The number of aryl methyl sites for hydroxylation is 2. The van der Waals surface area contributed by atoms with Gasteiger partial charge in [-0.1, -0.05) is 49.4 Å². The van der Waals surface area contributed by atoms with E-state index in [1.807, 2.05) is 0 Å². The van der Waals surface area contributed by atoms with Gasteiger partial charge in [-0.3, -0.25) is 0 Å². The summed E-state index contributed by atoms with van der Waals surface area (Å²) in [6, 6.07) is 8.27. The number of benzene rings is 3. The van der Waals surface area contributed by atoms with Gasteiger partial charge in [0.1, 0.15) is 0 Å². The van der Waals surface area contributed by atoms with E-state index in [0.29, 0.717) is 24.8 Å². The van der Waals surface area contributed by atoms with Gasteiger partial charge in [0.05, 0.1) is 0 Å². The standard InChI is InChI=1S/C27H22F6/c1-3-15-9-11-20(26(32)23(15)29)21-13-12-19(25(31)27(21)33)17-7-5-16(6-8-17)18-10-4-14(2)22(28)24(18)30/h4-5,9-13,17H,3,6-8H2,1-2H3. The zero-order valence-corrected chi connectivity index (χ0v) is 18.2. The van der Waals surface area contributed by atoms with Gasteiger partial charge in [0.2, 0.25) is 0 Å². The highest BCUT2D eigenvalue weighted by Crippen LogP contribution is 2.40. The molecule has 1 atom stereocenters. The fraction of sp³-hybridized carbons (Fsp3) is 0.259. The average Bonchev–Trinajstić information content (AvgIpc) is 2.82. The summed E-state index contributed by atoms with van der Waals surface area (Å²) in [4.78, 5) is 0. The van der Waals surface area contributed by atoms with Crippen molar-refractivity contribution in [2.45, 2.75) is 45.4 Å². The molecule has 0 N–H and O–H groups in total. The van der Waals surface area contributed by atoms with E-state index in [-0.39, 0.29) is 45.7 Å². The summed E-state index contributed by atoms with van der Waals surface area (Å²) in [5, 5.41) is 0. The Kier molecular flexibility index (Phi) is 6.37. The molecule has 4 rings (SSSR count). The third-order valence-electron chi connectivity index (χ3n) is 6.42. The summed E-state index contributed by atoms with van der Waals surface area (Å²) >= 11 is 0. The molecule has 0 saturated heterocycles. The Hall–Kier alpha value is -3.02. The number of allylic oxidation sites excluding steroid dienone is 2. The highest BCUT2D eigenvalue weighted by atomic mass is 19.2. The second kappa shape index (κ2) is 9.08. The van der Waals surface area contributed by atoms with Gasteiger partial charge in [0.25, 0.3) is 0 Å². The Morgan fingerprint density at radius 1 is 0.697 bits per heavy atom. The molecular weight excluding hydrogens is 438 g/mol. The summed E-state index contributed by atoms with van der Waals surface area (Å²) in [6.07, 6.45) is 3.07. The maximum absolute atomic E-state index is 15.0. The smallest absolute Gasteiger partial charge is 0.167 e. The van der Waals surface area contributed by atoms with Crippen molar-refractivity contribution in [3.05, 3.63) is 99.6 Å². The van der Waals surface area contributed by atoms with Gasteiger partial charge in [-0.15, -0.1) is 0 Å². The fourth-order valence-corrected chi connectivity index (χ4v) is 4.41. The second-order valence-corrected chi connectivity index (χ2v) is 8.34. The first kappa shape index (κ1) is 23.1. The van der Waals surface area contributed by atoms with Gasteiger partial charge in [0.15, 0.2) is 34.9 Å². The van der Waals surface area contributed by atoms with Crippen LogP contribution < -0.4 is 0 Å². The van der Waals surface area contributed by atoms with Gasteiger partial charge in [-0.2, -0.15) is 0 Å². The molecule has 3 aromatic carbocycles. The Balaban J connectivity index is 1.63. The predicted octanol–water partition coefficient (Wildman–Crippen LogP) is 8.41. The van der Waals surface area contributed by atoms with Crippen molar-refractivity contribution in [2.75, 3.05) is 0 Å². The van der Waals surface area contributed by atoms with E-state index in [9.17, 15) is 26.3 Å². The van der Waals surface area contributed by atoms with Crippen molar-refractivity contribution in [1.82, 2.24) is 0 Å². The summed E-state index contributed by atoms with van der Waals surface area (Å²) in [5.41, 5.74) is 0.593. The van der Waals surface area contributed by atoms with Crippen LogP contribution in [0.15, 0.2) is 42.5 Å². The topological polar surface area (TPSA) is 0 Å². The number of hydrogen-bond donors (Lipinski definition) is 0. The fourth-order valence-electron chi connectivity index (χ4n) is 4.41. The Morgan fingerprint density at radius 3 is 1.94 bits per heavy atom. The van der Waals surface area contributed by atoms with Crippen LogP contribution in [-0.2, 0) is 6.42 Å². The summed E-state index contributed by atoms with van der Waals surface area (Å²) in [7, 11) is 0. The Bertz CT molecular complexity index is 1260. The minimum Gasteiger partial charge on any atom is -0.203 e. The van der Waals surface area contributed by atoms with E-state index < -0.39 is 34.9 Å². The monoisotopic (exact) mass is 460 g/mol. The third-order valence-corrected chi connectivity index (χ3v) is 6.42. The molecule has 0 nitrogen and oxygen atoms in total. The first-order valence-corrected chi connectivity index (χ1v) is 10.8. The zero-order valence-electron chi connectivity index (χ0n) is 18.2. The molecular formula is C27H22F6. The number of rotatable bonds is 4. The van der Waals surface area contributed by atoms with Crippen LogP contribution in [0.4, 0.5) is 26.3 Å². The molecule has 1 aliphatic carbocycles. The van der Waals surface area contributed by atoms with Gasteiger partial charge < -0.3 is 0 Å². The SMILES string of the molecule is CCc1ccc(-c2ccc(C3CC=C(c4ccc(C)c(F)c4F)CC3)c(F)c2F)c(F)c1F. The van der Waals surface area contributed by atoms with E-state index in [1.54, 1.807) is 13.0 Å². The normalized spacial score (nSPS) is 16.1. The van der Waals surface area contributed by atoms with Crippen LogP contribution in [0.3, 0.4) is 0 Å². The number of hydrogen-bond acceptors (Lipinski definition) is 0. The Labute approximate surface area is 188 Å². The summed E-state index contributed by atoms with van der Waals surface area (Å²) in [6.45, 7) is 3.15. The third kappa shape index (κ3) is 4.07. The van der Waals surface area contributed by atoms with Crippen LogP contribution in [0, 0.1) is 41.8 Å². The molecule has 0 aliphatic heterocycles. The minimum absolute atomic E-state index is 0.119. The summed E-state index contributed by atoms with van der Waals surface area (Å²) in [5.74, 6) is -6.81. The lowest BCUT2D eigenvalue weighted by atomic mass is 9.81. The van der Waals surface area contributed by atoms with Gasteiger partial charge in [-0.25, -0.2) is 26.3 Å². The quantitative estimate of drug-likeness (QED) is 0.343. The van der Waals surface area contributed by atoms with E-state index in [1.165, 1.54) is 43.3 Å². The molecule has 0 heterocycles. The van der Waals surface area contributed by atoms with Gasteiger partial charge >= 0.3 is 0 Å². The van der Waals surface area contributed by atoms with Gasteiger partial charge in [-0.05, 0) is 60.8 Å². The second-order valence-electron chi connectivity index (χ2n) is 8.34. The molecule has 33 heavy (non-hydrogen) atoms. The van der Waals surface area contributed by atoms with Crippen molar-refractivity contribution in [1.29, 1.82) is 0 Å². The molecule has 1 aliphatic rings. The molecule has 1 unspecified atom stereocenters. The van der Waals surface area contributed by atoms with Crippen LogP contribution in [0.2, 0.25) is 0 Å². The molecule has 0 fully saturated rings. The van der Waals surface area contributed by atoms with Crippen LogP contribution >= 0.6 is 0 Å². The van der Waals surface area contributed by atoms with Crippen molar-refractivity contribution in [3.63, 3.8) is 0 Å². The predicted molar refractivity (Wildman–Crippen MR) is 117 cm³/mol. The highest BCUT2D eigenvalue weighted by Gasteiger charge is 2.26. The summed E-state index contributed by atoms with van der Waals surface area (Å²) < 4.78 is 86.7. The largest absolute Gasteiger partial charge is 0.203 e. The maximum atomic E-state index is 15.0. The first-order chi connectivity index (χ1) is 15.7. The van der Waals surface area contributed by atoms with Crippen molar-refractivity contribution in [3.8, 4) is 11.1 Å². The van der Waals surface area contributed by atoms with E-state index in [2.05, 4.69) is 0 Å². The molecule has 0 saturated carbocycles. The molecule has 0 radical (unpaired) electrons. The van der Waals surface area contributed by atoms with Crippen molar-refractivity contribution >= 4 is 5.57 Å². The molecule has 0 amide bonds. The van der Waals surface area contributed by atoms with Crippen LogP contribution in [0.5, 0.6) is 0 Å². The van der Waals surface area contributed by atoms with Gasteiger partial charge in [0, 0.05) is 16.7 Å². The molecule has 6 heteroatoms. The zero-order chi connectivity index (χ0) is 23.9. The molecule has 172 valence electrons. The molecule has 0 spiro atoms. The lowest BCUT2D eigenvalue weighted by molar-refractivity contribution is 0.478. The molecule has 0 aromatic heterocycles. The van der Waals surface area contributed by atoms with Crippen LogP contribution in [0.25, 0.3) is 16.7 Å². The lowest BCUT2D eigenvalue weighted by Crippen LogP contribution is -2.09. The van der Waals surface area contributed by atoms with Crippen LogP contribution in [-0.4, -0.2) is 0 Å². The van der Waals surface area contributed by atoms with E-state index >= 15 is 0 Å². The van der Waals surface area contributed by atoms with E-state index in [4.69, 9.17) is 0 Å². The molecule has 3 aromatic rings. The first-order valence-electron chi connectivity index (χ1n) is 10.8. The number of halogens is 6. The van der Waals surface area contributed by atoms with Crippen LogP contribution in [0.1, 0.15) is 54.4 Å². The minimum atomic E-state index is -1.24. The lowest BCUT2D eigenvalue weighted by Gasteiger charge is -2.24. The van der Waals surface area contributed by atoms with Crippen molar-refractivity contribution < 1.29 is 26.3 Å². The highest BCUT2D eigenvalue weighted by molar-refractivity contribution is 5.68. The maximum Gasteiger partial charge on any atom is 0.167 e. The van der Waals surface area contributed by atoms with Crippen molar-refractivity contribution in [2.24, 2.45) is 0 Å².